The molecule has 0 amide bonds. The molecule has 63 valence electrons. The summed E-state index contributed by atoms with van der Waals surface area (Å²) in [4.78, 5) is 4.82. The molecule has 1 radical (unpaired) electrons. The summed E-state index contributed by atoms with van der Waals surface area (Å²) >= 11 is 0. The third-order valence-corrected chi connectivity index (χ3v) is 1.39. The molecule has 0 bridgehead atoms. The number of nitrogens with zero attached hydrogens (tertiary/aromatic N) is 1. The topological polar surface area (TPSA) is 21.6 Å². The number of hydrogen-bond donors (Lipinski definition) is 0. The van der Waals surface area contributed by atoms with E-state index in [1.165, 1.54) is 5.56 Å². The van der Waals surface area contributed by atoms with Gasteiger partial charge in [-0.05, 0) is 18.6 Å². The summed E-state index contributed by atoms with van der Waals surface area (Å²) in [6.45, 7) is 2.54. The minimum atomic E-state index is 0.624. The molecule has 0 fully saturated rings. The van der Waals surface area contributed by atoms with Crippen molar-refractivity contribution in [1.29, 1.82) is 0 Å². The quantitative estimate of drug-likeness (QED) is 0.490. The van der Waals surface area contributed by atoms with Crippen LogP contribution in [0.3, 0.4) is 0 Å². The van der Waals surface area contributed by atoms with Crippen LogP contribution in [0.25, 0.3) is 0 Å². The van der Waals surface area contributed by atoms with Crippen LogP contribution in [0.5, 0.6) is 0 Å². The first-order valence-corrected chi connectivity index (χ1v) is 4.02. The molecule has 0 spiro atoms. The van der Waals surface area contributed by atoms with Crippen molar-refractivity contribution in [3.05, 3.63) is 35.9 Å². The molecule has 0 atom stereocenters. The standard InChI is InChI=1S/C10H12NO/c1-2-12-11-9-8-10-6-4-3-5-7-10/h4-7,9H,2,8H2,1H3. The Morgan fingerprint density at radius 2 is 2.25 bits per heavy atom. The first-order chi connectivity index (χ1) is 5.93. The molecule has 0 N–H and O–H groups in total. The molecule has 12 heavy (non-hydrogen) atoms. The van der Waals surface area contributed by atoms with Crippen molar-refractivity contribution in [2.75, 3.05) is 6.61 Å². The van der Waals surface area contributed by atoms with Crippen molar-refractivity contribution in [3.63, 3.8) is 0 Å². The Kier molecular flexibility index (Phi) is 3.92. The molecule has 2 heteroatoms. The van der Waals surface area contributed by atoms with Gasteiger partial charge in [-0.2, -0.15) is 0 Å². The SMILES string of the molecule is CCON=CCc1cc[c]cc1. The average molecular weight is 162 g/mol. The third-order valence-electron chi connectivity index (χ3n) is 1.39. The van der Waals surface area contributed by atoms with Crippen LogP contribution < -0.4 is 0 Å². The van der Waals surface area contributed by atoms with Gasteiger partial charge in [-0.25, -0.2) is 0 Å². The van der Waals surface area contributed by atoms with Gasteiger partial charge in [0, 0.05) is 12.6 Å². The van der Waals surface area contributed by atoms with Crippen LogP contribution >= 0.6 is 0 Å². The van der Waals surface area contributed by atoms with Crippen LogP contribution in [0, 0.1) is 6.07 Å². The Labute approximate surface area is 72.9 Å². The predicted octanol–water partition coefficient (Wildman–Crippen LogP) is 2.05. The number of oxime groups is 1. The summed E-state index contributed by atoms with van der Waals surface area (Å²) in [6.07, 6.45) is 2.58. The van der Waals surface area contributed by atoms with E-state index in [-0.39, 0.29) is 0 Å². The molecule has 0 aromatic heterocycles. The van der Waals surface area contributed by atoms with Gasteiger partial charge >= 0.3 is 0 Å². The van der Waals surface area contributed by atoms with Crippen molar-refractivity contribution < 1.29 is 4.84 Å². The van der Waals surface area contributed by atoms with Crippen molar-refractivity contribution in [3.8, 4) is 0 Å². The van der Waals surface area contributed by atoms with E-state index in [9.17, 15) is 0 Å². The second-order valence-corrected chi connectivity index (χ2v) is 2.32. The zero-order chi connectivity index (χ0) is 8.65. The fraction of sp³-hybridized carbons (Fsp3) is 0.300. The molecule has 2 nitrogen and oxygen atoms in total. The maximum Gasteiger partial charge on any atom is 0.114 e. The Morgan fingerprint density at radius 3 is 2.92 bits per heavy atom. The summed E-state index contributed by atoms with van der Waals surface area (Å²) in [5.41, 5.74) is 1.22. The maximum absolute atomic E-state index is 4.82. The maximum atomic E-state index is 4.82. The highest BCUT2D eigenvalue weighted by atomic mass is 16.6. The fourth-order valence-electron chi connectivity index (χ4n) is 0.827. The summed E-state index contributed by atoms with van der Waals surface area (Å²) in [5, 5.41) is 3.75. The second kappa shape index (κ2) is 5.35. The number of rotatable bonds is 4. The van der Waals surface area contributed by atoms with Gasteiger partial charge in [0.15, 0.2) is 0 Å². The second-order valence-electron chi connectivity index (χ2n) is 2.32. The number of hydrogen-bond acceptors (Lipinski definition) is 2. The zero-order valence-electron chi connectivity index (χ0n) is 7.16. The molecular weight excluding hydrogens is 150 g/mol. The van der Waals surface area contributed by atoms with Gasteiger partial charge in [0.05, 0.1) is 0 Å². The van der Waals surface area contributed by atoms with Crippen molar-refractivity contribution in [2.24, 2.45) is 5.16 Å². The van der Waals surface area contributed by atoms with Crippen LogP contribution in [-0.2, 0) is 11.3 Å². The van der Waals surface area contributed by atoms with E-state index < -0.39 is 0 Å². The largest absolute Gasteiger partial charge is 0.396 e. The Hall–Kier alpha value is -1.31. The summed E-state index contributed by atoms with van der Waals surface area (Å²) < 4.78 is 0. The highest BCUT2D eigenvalue weighted by Gasteiger charge is 1.85. The predicted molar refractivity (Wildman–Crippen MR) is 49.1 cm³/mol. The summed E-state index contributed by atoms with van der Waals surface area (Å²) in [6, 6.07) is 10.8. The van der Waals surface area contributed by atoms with Crippen LogP contribution in [0.1, 0.15) is 12.5 Å². The molecule has 0 saturated heterocycles. The molecular formula is C10H12NO. The third kappa shape index (κ3) is 3.19. The highest BCUT2D eigenvalue weighted by molar-refractivity contribution is 5.60. The van der Waals surface area contributed by atoms with E-state index in [1.54, 1.807) is 6.21 Å². The molecule has 0 aliphatic carbocycles. The Morgan fingerprint density at radius 1 is 1.50 bits per heavy atom. The van der Waals surface area contributed by atoms with Gasteiger partial charge < -0.3 is 4.84 Å². The fourth-order valence-corrected chi connectivity index (χ4v) is 0.827. The minimum absolute atomic E-state index is 0.624. The highest BCUT2D eigenvalue weighted by Crippen LogP contribution is 1.96. The molecule has 0 saturated carbocycles. The van der Waals surface area contributed by atoms with Crippen molar-refractivity contribution >= 4 is 6.21 Å². The van der Waals surface area contributed by atoms with Crippen LogP contribution in [-0.4, -0.2) is 12.8 Å². The van der Waals surface area contributed by atoms with Gasteiger partial charge in [-0.3, -0.25) is 0 Å². The van der Waals surface area contributed by atoms with Gasteiger partial charge in [-0.1, -0.05) is 29.4 Å². The molecule has 0 unspecified atom stereocenters. The number of benzene rings is 1. The van der Waals surface area contributed by atoms with Crippen molar-refractivity contribution in [2.45, 2.75) is 13.3 Å². The van der Waals surface area contributed by atoms with Crippen LogP contribution in [0.4, 0.5) is 0 Å². The van der Waals surface area contributed by atoms with E-state index in [4.69, 9.17) is 4.84 Å². The minimum Gasteiger partial charge on any atom is -0.396 e. The molecule has 0 aliphatic heterocycles. The zero-order valence-corrected chi connectivity index (χ0v) is 7.16. The molecule has 0 aliphatic rings. The lowest BCUT2D eigenvalue weighted by molar-refractivity contribution is 0.160. The van der Waals surface area contributed by atoms with Crippen molar-refractivity contribution in [1.82, 2.24) is 0 Å². The lowest BCUT2D eigenvalue weighted by Gasteiger charge is -1.93. The molecule has 1 rings (SSSR count). The Balaban J connectivity index is 2.33. The van der Waals surface area contributed by atoms with Gasteiger partial charge in [0.2, 0.25) is 0 Å². The average Bonchev–Trinajstić information content (AvgIpc) is 2.14. The van der Waals surface area contributed by atoms with Gasteiger partial charge in [0.25, 0.3) is 0 Å². The molecule has 0 heterocycles. The van der Waals surface area contributed by atoms with E-state index in [0.717, 1.165) is 6.42 Å². The smallest absolute Gasteiger partial charge is 0.114 e. The molecule has 1 aromatic rings. The van der Waals surface area contributed by atoms with E-state index >= 15 is 0 Å². The molecule has 1 aromatic carbocycles. The monoisotopic (exact) mass is 162 g/mol. The van der Waals surface area contributed by atoms with Gasteiger partial charge in [-0.15, -0.1) is 0 Å². The Bertz CT molecular complexity index is 231. The lowest BCUT2D eigenvalue weighted by Crippen LogP contribution is -1.86. The van der Waals surface area contributed by atoms with E-state index in [1.807, 2.05) is 31.2 Å². The van der Waals surface area contributed by atoms with E-state index in [2.05, 4.69) is 11.2 Å². The van der Waals surface area contributed by atoms with E-state index in [0.29, 0.717) is 6.61 Å². The first kappa shape index (κ1) is 8.78. The summed E-state index contributed by atoms with van der Waals surface area (Å²) in [5.74, 6) is 0. The van der Waals surface area contributed by atoms with Crippen LogP contribution in [0.2, 0.25) is 0 Å². The lowest BCUT2D eigenvalue weighted by atomic mass is 10.2. The first-order valence-electron chi connectivity index (χ1n) is 4.02. The van der Waals surface area contributed by atoms with Gasteiger partial charge in [0.1, 0.15) is 6.61 Å². The summed E-state index contributed by atoms with van der Waals surface area (Å²) in [7, 11) is 0. The normalized spacial score (nSPS) is 10.4. The van der Waals surface area contributed by atoms with Crippen LogP contribution in [0.15, 0.2) is 29.4 Å².